The summed E-state index contributed by atoms with van der Waals surface area (Å²) >= 11 is 5.80. The molecule has 1 aliphatic rings. The molecule has 1 amide bonds. The quantitative estimate of drug-likeness (QED) is 0.518. The number of carbonyl (C=O) groups is 1. The lowest BCUT2D eigenvalue weighted by Gasteiger charge is -2.13. The van der Waals surface area contributed by atoms with Crippen molar-refractivity contribution in [2.45, 2.75) is 17.4 Å². The Labute approximate surface area is 165 Å². The van der Waals surface area contributed by atoms with Crippen LogP contribution in [0, 0.1) is 16.0 Å². The molecule has 9 nitrogen and oxygen atoms in total. The van der Waals surface area contributed by atoms with E-state index in [1.54, 1.807) is 0 Å². The summed E-state index contributed by atoms with van der Waals surface area (Å²) in [6.07, 6.45) is 0.165. The van der Waals surface area contributed by atoms with E-state index in [0.29, 0.717) is 10.7 Å². The third-order valence-corrected chi connectivity index (χ3v) is 5.84. The van der Waals surface area contributed by atoms with Crippen molar-refractivity contribution < 1.29 is 22.9 Å². The van der Waals surface area contributed by atoms with E-state index in [2.05, 4.69) is 10.0 Å². The molecule has 1 fully saturated rings. The van der Waals surface area contributed by atoms with Crippen molar-refractivity contribution in [3.63, 3.8) is 0 Å². The van der Waals surface area contributed by atoms with E-state index in [-0.39, 0.29) is 22.8 Å². The maximum absolute atomic E-state index is 12.8. The number of nitrogens with zero attached hydrogens (tertiary/aromatic N) is 1. The van der Waals surface area contributed by atoms with Gasteiger partial charge >= 0.3 is 0 Å². The van der Waals surface area contributed by atoms with Gasteiger partial charge in [-0.05, 0) is 42.5 Å². The van der Waals surface area contributed by atoms with Crippen molar-refractivity contribution in [1.82, 2.24) is 0 Å². The number of sulfonamides is 1. The lowest BCUT2D eigenvalue weighted by atomic mass is 10.3. The molecule has 28 heavy (non-hydrogen) atoms. The zero-order chi connectivity index (χ0) is 20.5. The molecule has 2 atom stereocenters. The topological polar surface area (TPSA) is 128 Å². The van der Waals surface area contributed by atoms with E-state index >= 15 is 0 Å². The van der Waals surface area contributed by atoms with Gasteiger partial charge in [0.05, 0.1) is 7.11 Å². The number of methoxy groups -OCH3 is 1. The summed E-state index contributed by atoms with van der Waals surface area (Å²) in [5.41, 5.74) is 0.490. The van der Waals surface area contributed by atoms with Crippen LogP contribution in [0.15, 0.2) is 47.4 Å². The van der Waals surface area contributed by atoms with E-state index in [0.717, 1.165) is 0 Å². The molecule has 0 spiro atoms. The number of hydrogen-bond acceptors (Lipinski definition) is 6. The van der Waals surface area contributed by atoms with E-state index in [1.807, 2.05) is 0 Å². The minimum absolute atomic E-state index is 0.0778. The molecule has 148 valence electrons. The summed E-state index contributed by atoms with van der Waals surface area (Å²) in [5, 5.41) is 13.7. The first-order valence-electron chi connectivity index (χ1n) is 8.12. The van der Waals surface area contributed by atoms with Crippen molar-refractivity contribution in [3.8, 4) is 5.75 Å². The summed E-state index contributed by atoms with van der Waals surface area (Å²) in [6, 6.07) is 9.27. The molecule has 1 aliphatic carbocycles. The number of amides is 1. The fourth-order valence-corrected chi connectivity index (χ4v) is 4.00. The smallest absolute Gasteiger partial charge is 0.265 e. The van der Waals surface area contributed by atoms with Crippen molar-refractivity contribution in [2.24, 2.45) is 5.92 Å². The van der Waals surface area contributed by atoms with Crippen LogP contribution in [-0.4, -0.2) is 32.4 Å². The van der Waals surface area contributed by atoms with Gasteiger partial charge in [-0.3, -0.25) is 19.6 Å². The van der Waals surface area contributed by atoms with Gasteiger partial charge in [-0.15, -0.1) is 0 Å². The van der Waals surface area contributed by atoms with Gasteiger partial charge in [-0.25, -0.2) is 8.42 Å². The highest BCUT2D eigenvalue weighted by atomic mass is 35.5. The third-order valence-electron chi connectivity index (χ3n) is 4.18. The van der Waals surface area contributed by atoms with Gasteiger partial charge in [0, 0.05) is 27.7 Å². The predicted molar refractivity (Wildman–Crippen MR) is 103 cm³/mol. The molecular weight excluding hydrogens is 410 g/mol. The first kappa shape index (κ1) is 19.9. The minimum atomic E-state index is -4.03. The Morgan fingerprint density at radius 3 is 2.43 bits per heavy atom. The Morgan fingerprint density at radius 1 is 1.21 bits per heavy atom. The molecule has 2 unspecified atom stereocenters. The first-order chi connectivity index (χ1) is 13.2. The molecule has 3 rings (SSSR count). The number of nitrogens with one attached hydrogen (secondary N) is 2. The number of nitro groups is 1. The molecule has 2 aromatic carbocycles. The Balaban J connectivity index is 1.83. The number of carbonyl (C=O) groups excluding carboxylic acids is 1. The van der Waals surface area contributed by atoms with Crippen molar-refractivity contribution in [1.29, 1.82) is 0 Å². The van der Waals surface area contributed by atoms with Gasteiger partial charge in [-0.1, -0.05) is 11.6 Å². The van der Waals surface area contributed by atoms with Gasteiger partial charge in [0.1, 0.15) is 16.6 Å². The van der Waals surface area contributed by atoms with Crippen molar-refractivity contribution in [3.05, 3.63) is 57.6 Å². The largest absolute Gasteiger partial charge is 0.495 e. The second-order valence-corrected chi connectivity index (χ2v) is 8.25. The number of hydrogen-bond donors (Lipinski definition) is 2. The Morgan fingerprint density at radius 2 is 1.86 bits per heavy atom. The summed E-state index contributed by atoms with van der Waals surface area (Å²) in [7, 11) is -2.71. The van der Waals surface area contributed by atoms with Crippen LogP contribution in [0.3, 0.4) is 0 Å². The van der Waals surface area contributed by atoms with Crippen molar-refractivity contribution in [2.75, 3.05) is 17.1 Å². The standard InChI is InChI=1S/C17H16ClN3O6S/c1-27-15-7-6-12(19-17(22)13-9-14(13)21(23)24)8-16(15)28(25,26)20-11-4-2-10(18)3-5-11/h2-8,13-14,20H,9H2,1H3,(H,19,22). The maximum atomic E-state index is 12.8. The van der Waals surface area contributed by atoms with E-state index < -0.39 is 32.8 Å². The summed E-state index contributed by atoms with van der Waals surface area (Å²) in [4.78, 5) is 22.1. The first-order valence-corrected chi connectivity index (χ1v) is 9.98. The number of benzene rings is 2. The average molecular weight is 426 g/mol. The predicted octanol–water partition coefficient (Wildman–Crippen LogP) is 2.75. The van der Waals surface area contributed by atoms with Gasteiger partial charge in [0.2, 0.25) is 11.9 Å². The van der Waals surface area contributed by atoms with Crippen LogP contribution < -0.4 is 14.8 Å². The molecule has 0 bridgehead atoms. The van der Waals surface area contributed by atoms with Crippen LogP contribution in [0.2, 0.25) is 5.02 Å². The zero-order valence-corrected chi connectivity index (χ0v) is 16.2. The number of ether oxygens (including phenoxy) is 1. The van der Waals surface area contributed by atoms with Crippen LogP contribution in [0.5, 0.6) is 5.75 Å². The fraction of sp³-hybridized carbons (Fsp3) is 0.235. The lowest BCUT2D eigenvalue weighted by molar-refractivity contribution is -0.497. The highest BCUT2D eigenvalue weighted by Crippen LogP contribution is 2.35. The summed E-state index contributed by atoms with van der Waals surface area (Å²) in [5.74, 6) is -1.17. The molecule has 0 radical (unpaired) electrons. The molecule has 2 N–H and O–H groups in total. The van der Waals surface area contributed by atoms with Crippen LogP contribution in [0.1, 0.15) is 6.42 Å². The lowest BCUT2D eigenvalue weighted by Crippen LogP contribution is -2.19. The molecule has 1 saturated carbocycles. The molecular formula is C17H16ClN3O6S. The van der Waals surface area contributed by atoms with E-state index in [1.165, 1.54) is 49.6 Å². The zero-order valence-electron chi connectivity index (χ0n) is 14.6. The van der Waals surface area contributed by atoms with Crippen LogP contribution >= 0.6 is 11.6 Å². The molecule has 0 saturated heterocycles. The summed E-state index contributed by atoms with van der Waals surface area (Å²) < 4.78 is 33.1. The second-order valence-electron chi connectivity index (χ2n) is 6.16. The van der Waals surface area contributed by atoms with Crippen LogP contribution in [-0.2, 0) is 14.8 Å². The Kier molecular flexibility index (Phi) is 5.43. The van der Waals surface area contributed by atoms with Crippen molar-refractivity contribution >= 4 is 38.9 Å². The number of halogens is 1. The van der Waals surface area contributed by atoms with Gasteiger partial charge in [0.15, 0.2) is 0 Å². The highest BCUT2D eigenvalue weighted by Gasteiger charge is 2.53. The summed E-state index contributed by atoms with van der Waals surface area (Å²) in [6.45, 7) is 0. The molecule has 0 aliphatic heterocycles. The molecule has 11 heteroatoms. The van der Waals surface area contributed by atoms with Crippen LogP contribution in [0.4, 0.5) is 11.4 Å². The Hall–Kier alpha value is -2.85. The van der Waals surface area contributed by atoms with Gasteiger partial charge in [-0.2, -0.15) is 0 Å². The average Bonchev–Trinajstić information content (AvgIpc) is 3.45. The monoisotopic (exact) mass is 425 g/mol. The molecule has 2 aromatic rings. The van der Waals surface area contributed by atoms with E-state index in [4.69, 9.17) is 16.3 Å². The normalized spacial score (nSPS) is 18.2. The number of rotatable bonds is 7. The minimum Gasteiger partial charge on any atom is -0.495 e. The number of anilines is 2. The molecule has 0 heterocycles. The third kappa shape index (κ3) is 4.34. The SMILES string of the molecule is COc1ccc(NC(=O)C2CC2[N+](=O)[O-])cc1S(=O)(=O)Nc1ccc(Cl)cc1. The van der Waals surface area contributed by atoms with Crippen LogP contribution in [0.25, 0.3) is 0 Å². The highest BCUT2D eigenvalue weighted by molar-refractivity contribution is 7.92. The maximum Gasteiger partial charge on any atom is 0.265 e. The van der Waals surface area contributed by atoms with Gasteiger partial charge < -0.3 is 10.1 Å². The Bertz CT molecular complexity index is 1030. The van der Waals surface area contributed by atoms with Gasteiger partial charge in [0.25, 0.3) is 10.0 Å². The van der Waals surface area contributed by atoms with E-state index in [9.17, 15) is 23.3 Å². The fourth-order valence-electron chi connectivity index (χ4n) is 2.62. The molecule has 0 aromatic heterocycles. The second kappa shape index (κ2) is 7.64.